The van der Waals surface area contributed by atoms with Crippen LogP contribution in [0.2, 0.25) is 0 Å². The van der Waals surface area contributed by atoms with Gasteiger partial charge in [0.2, 0.25) is 10.0 Å². The van der Waals surface area contributed by atoms with Crippen molar-refractivity contribution < 1.29 is 12.8 Å². The second-order valence-corrected chi connectivity index (χ2v) is 8.01. The van der Waals surface area contributed by atoms with Gasteiger partial charge in [0.05, 0.1) is 10.6 Å². The number of hydrogen-bond donors (Lipinski definition) is 2. The molecule has 1 aromatic heterocycles. The first-order chi connectivity index (χ1) is 9.95. The van der Waals surface area contributed by atoms with E-state index in [1.54, 1.807) is 11.3 Å². The van der Waals surface area contributed by atoms with Crippen molar-refractivity contribution in [3.8, 4) is 0 Å². The maximum atomic E-state index is 13.1. The van der Waals surface area contributed by atoms with Gasteiger partial charge in [0.1, 0.15) is 5.82 Å². The number of halogens is 1. The normalized spacial score (nSPS) is 14.3. The zero-order valence-electron chi connectivity index (χ0n) is 11.2. The number of thiophene rings is 1. The minimum absolute atomic E-state index is 0.0227. The SMILES string of the molecule is Nc1cc(S(=O)(=O)NCc2cc3c(s2)CCC3)ccc1F. The summed E-state index contributed by atoms with van der Waals surface area (Å²) in [6, 6.07) is 5.46. The van der Waals surface area contributed by atoms with E-state index in [0.717, 1.165) is 29.9 Å². The Kier molecular flexibility index (Phi) is 3.73. The Morgan fingerprint density at radius 3 is 2.81 bits per heavy atom. The number of fused-ring (bicyclic) bond motifs is 1. The molecule has 3 rings (SSSR count). The molecule has 7 heteroatoms. The zero-order chi connectivity index (χ0) is 15.0. The smallest absolute Gasteiger partial charge is 0.240 e. The van der Waals surface area contributed by atoms with Crippen LogP contribution in [0.3, 0.4) is 0 Å². The van der Waals surface area contributed by atoms with Gasteiger partial charge in [0.25, 0.3) is 0 Å². The van der Waals surface area contributed by atoms with Gasteiger partial charge in [0, 0.05) is 16.3 Å². The number of nitrogen functional groups attached to an aromatic ring is 1. The van der Waals surface area contributed by atoms with Crippen molar-refractivity contribution in [3.63, 3.8) is 0 Å². The predicted molar refractivity (Wildman–Crippen MR) is 81.2 cm³/mol. The number of nitrogens with two attached hydrogens (primary N) is 1. The summed E-state index contributed by atoms with van der Waals surface area (Å²) in [6.45, 7) is 0.247. The lowest BCUT2D eigenvalue weighted by molar-refractivity contribution is 0.581. The van der Waals surface area contributed by atoms with Crippen LogP contribution in [0.25, 0.3) is 0 Å². The van der Waals surface area contributed by atoms with Crippen LogP contribution in [0, 0.1) is 5.82 Å². The Labute approximate surface area is 126 Å². The van der Waals surface area contributed by atoms with E-state index in [9.17, 15) is 12.8 Å². The van der Waals surface area contributed by atoms with E-state index in [1.807, 2.05) is 0 Å². The van der Waals surface area contributed by atoms with Gasteiger partial charge < -0.3 is 5.73 Å². The maximum absolute atomic E-state index is 13.1. The number of aryl methyl sites for hydroxylation is 2. The summed E-state index contributed by atoms with van der Waals surface area (Å²) in [5, 5.41) is 0. The van der Waals surface area contributed by atoms with Crippen molar-refractivity contribution in [1.82, 2.24) is 4.72 Å². The van der Waals surface area contributed by atoms with Gasteiger partial charge in [-0.15, -0.1) is 11.3 Å². The van der Waals surface area contributed by atoms with E-state index in [4.69, 9.17) is 5.73 Å². The quantitative estimate of drug-likeness (QED) is 0.848. The van der Waals surface area contributed by atoms with E-state index < -0.39 is 15.8 Å². The highest BCUT2D eigenvalue weighted by Gasteiger charge is 2.18. The van der Waals surface area contributed by atoms with Crippen LogP contribution in [0.1, 0.15) is 21.7 Å². The standard InChI is InChI=1S/C14H15FN2O2S2/c15-12-5-4-11(7-13(12)16)21(18,19)17-8-10-6-9-2-1-3-14(9)20-10/h4-7,17H,1-3,8,16H2. The molecule has 0 aliphatic heterocycles. The molecule has 21 heavy (non-hydrogen) atoms. The first-order valence-electron chi connectivity index (χ1n) is 6.61. The number of nitrogens with one attached hydrogen (secondary N) is 1. The second kappa shape index (κ2) is 5.40. The van der Waals surface area contributed by atoms with Crippen LogP contribution in [0.4, 0.5) is 10.1 Å². The number of benzene rings is 1. The Hall–Kier alpha value is -1.44. The molecule has 1 heterocycles. The van der Waals surface area contributed by atoms with Gasteiger partial charge in [-0.25, -0.2) is 17.5 Å². The number of hydrogen-bond acceptors (Lipinski definition) is 4. The fraction of sp³-hybridized carbons (Fsp3) is 0.286. The molecular weight excluding hydrogens is 311 g/mol. The molecule has 0 unspecified atom stereocenters. The summed E-state index contributed by atoms with van der Waals surface area (Å²) < 4.78 is 39.9. The van der Waals surface area contributed by atoms with Crippen molar-refractivity contribution in [2.45, 2.75) is 30.7 Å². The van der Waals surface area contributed by atoms with Crippen LogP contribution in [0.15, 0.2) is 29.2 Å². The van der Waals surface area contributed by atoms with Gasteiger partial charge in [-0.1, -0.05) is 0 Å². The van der Waals surface area contributed by atoms with Crippen molar-refractivity contribution in [2.24, 2.45) is 0 Å². The van der Waals surface area contributed by atoms with Crippen molar-refractivity contribution in [1.29, 1.82) is 0 Å². The van der Waals surface area contributed by atoms with Gasteiger partial charge in [-0.05, 0) is 49.1 Å². The van der Waals surface area contributed by atoms with E-state index in [1.165, 1.54) is 22.9 Å². The second-order valence-electron chi connectivity index (χ2n) is 5.02. The molecule has 112 valence electrons. The molecule has 4 nitrogen and oxygen atoms in total. The maximum Gasteiger partial charge on any atom is 0.240 e. The van der Waals surface area contributed by atoms with E-state index in [2.05, 4.69) is 10.8 Å². The topological polar surface area (TPSA) is 72.2 Å². The molecule has 1 aliphatic rings. The van der Waals surface area contributed by atoms with Gasteiger partial charge in [-0.2, -0.15) is 0 Å². The lowest BCUT2D eigenvalue weighted by Gasteiger charge is -2.07. The average Bonchev–Trinajstić information content (AvgIpc) is 3.00. The van der Waals surface area contributed by atoms with Gasteiger partial charge >= 0.3 is 0 Å². The summed E-state index contributed by atoms with van der Waals surface area (Å²) in [7, 11) is -3.68. The molecule has 0 fully saturated rings. The molecule has 1 aliphatic carbocycles. The summed E-state index contributed by atoms with van der Waals surface area (Å²) in [5.74, 6) is -0.622. The third kappa shape index (κ3) is 2.95. The van der Waals surface area contributed by atoms with Crippen molar-refractivity contribution in [2.75, 3.05) is 5.73 Å². The molecule has 1 aromatic carbocycles. The van der Waals surface area contributed by atoms with Crippen LogP contribution in [0.5, 0.6) is 0 Å². The fourth-order valence-corrected chi connectivity index (χ4v) is 4.75. The van der Waals surface area contributed by atoms with Gasteiger partial charge in [-0.3, -0.25) is 0 Å². The Bertz CT molecular complexity index is 763. The fourth-order valence-electron chi connectivity index (χ4n) is 2.42. The minimum atomic E-state index is -3.68. The molecule has 2 aromatic rings. The number of rotatable bonds is 4. The van der Waals surface area contributed by atoms with Crippen molar-refractivity contribution in [3.05, 3.63) is 45.4 Å². The van der Waals surface area contributed by atoms with E-state index in [0.29, 0.717) is 0 Å². The Morgan fingerprint density at radius 1 is 1.29 bits per heavy atom. The molecule has 0 radical (unpaired) electrons. The molecular formula is C14H15FN2O2S2. The molecule has 3 N–H and O–H groups in total. The van der Waals surface area contributed by atoms with Crippen LogP contribution in [-0.4, -0.2) is 8.42 Å². The average molecular weight is 326 g/mol. The monoisotopic (exact) mass is 326 g/mol. The summed E-state index contributed by atoms with van der Waals surface area (Å²) in [5.41, 5.74) is 6.57. The largest absolute Gasteiger partial charge is 0.396 e. The van der Waals surface area contributed by atoms with Crippen LogP contribution in [-0.2, 0) is 29.4 Å². The molecule has 0 saturated heterocycles. The summed E-state index contributed by atoms with van der Waals surface area (Å²) in [6.07, 6.45) is 3.34. The lowest BCUT2D eigenvalue weighted by atomic mass is 10.2. The molecule has 0 saturated carbocycles. The van der Waals surface area contributed by atoms with Crippen molar-refractivity contribution >= 4 is 27.0 Å². The molecule has 0 amide bonds. The van der Waals surface area contributed by atoms with Crippen LogP contribution >= 0.6 is 11.3 Å². The highest BCUT2D eigenvalue weighted by molar-refractivity contribution is 7.89. The van der Waals surface area contributed by atoms with E-state index >= 15 is 0 Å². The van der Waals surface area contributed by atoms with Gasteiger partial charge in [0.15, 0.2) is 0 Å². The molecule has 0 bridgehead atoms. The minimum Gasteiger partial charge on any atom is -0.396 e. The predicted octanol–water partition coefficient (Wildman–Crippen LogP) is 2.44. The Balaban J connectivity index is 1.74. The first kappa shape index (κ1) is 14.5. The third-order valence-corrected chi connectivity index (χ3v) is 6.15. The molecule has 0 atom stereocenters. The third-order valence-electron chi connectivity index (χ3n) is 3.51. The van der Waals surface area contributed by atoms with Crippen LogP contribution < -0.4 is 10.5 Å². The lowest BCUT2D eigenvalue weighted by Crippen LogP contribution is -2.23. The summed E-state index contributed by atoms with van der Waals surface area (Å²) in [4.78, 5) is 2.33. The molecule has 0 spiro atoms. The van der Waals surface area contributed by atoms with E-state index in [-0.39, 0.29) is 17.1 Å². The number of anilines is 1. The summed E-state index contributed by atoms with van der Waals surface area (Å²) >= 11 is 1.65. The highest BCUT2D eigenvalue weighted by atomic mass is 32.2. The highest BCUT2D eigenvalue weighted by Crippen LogP contribution is 2.30. The first-order valence-corrected chi connectivity index (χ1v) is 8.91. The Morgan fingerprint density at radius 2 is 2.10 bits per heavy atom. The zero-order valence-corrected chi connectivity index (χ0v) is 12.9. The number of sulfonamides is 1.